The Hall–Kier alpha value is -1.56. The van der Waals surface area contributed by atoms with E-state index in [2.05, 4.69) is 15.9 Å². The molecule has 1 aromatic rings. The first-order chi connectivity index (χ1) is 8.34. The Morgan fingerprint density at radius 2 is 2.00 bits per heavy atom. The van der Waals surface area contributed by atoms with Crippen LogP contribution < -0.4 is 11.5 Å². The van der Waals surface area contributed by atoms with Crippen molar-refractivity contribution in [1.82, 2.24) is 4.90 Å². The zero-order chi connectivity index (χ0) is 13.9. The van der Waals surface area contributed by atoms with Crippen LogP contribution in [0.25, 0.3) is 0 Å². The minimum absolute atomic E-state index is 0.113. The summed E-state index contributed by atoms with van der Waals surface area (Å²) in [6.07, 6.45) is 0. The van der Waals surface area contributed by atoms with Crippen LogP contribution in [-0.2, 0) is 4.79 Å². The van der Waals surface area contributed by atoms with Gasteiger partial charge in [0.15, 0.2) is 0 Å². The number of carbonyl (C=O) groups is 2. The Labute approximate surface area is 114 Å². The fraction of sp³-hybridized carbons (Fsp3) is 0.333. The molecule has 0 spiro atoms. The Balaban J connectivity index is 3.10. The van der Waals surface area contributed by atoms with Crippen molar-refractivity contribution >= 4 is 33.4 Å². The maximum Gasteiger partial charge on any atom is 0.255 e. The van der Waals surface area contributed by atoms with Crippen molar-refractivity contribution in [3.05, 3.63) is 28.2 Å². The van der Waals surface area contributed by atoms with Gasteiger partial charge in [0.25, 0.3) is 5.91 Å². The Morgan fingerprint density at radius 3 is 2.50 bits per heavy atom. The van der Waals surface area contributed by atoms with Crippen molar-refractivity contribution in [2.45, 2.75) is 19.9 Å². The van der Waals surface area contributed by atoms with Crippen molar-refractivity contribution in [2.75, 3.05) is 12.3 Å². The number of primary amides is 1. The predicted molar refractivity (Wildman–Crippen MR) is 73.9 cm³/mol. The SMILES string of the molecule is CC(C)N(CC(N)=O)C(=O)c1cccc(N)c1Br. The van der Waals surface area contributed by atoms with Gasteiger partial charge in [-0.05, 0) is 41.9 Å². The molecule has 0 aromatic heterocycles. The van der Waals surface area contributed by atoms with Crippen LogP contribution in [0.5, 0.6) is 0 Å². The number of hydrogen-bond acceptors (Lipinski definition) is 3. The number of carbonyl (C=O) groups excluding carboxylic acids is 2. The maximum absolute atomic E-state index is 12.3. The highest BCUT2D eigenvalue weighted by atomic mass is 79.9. The molecule has 98 valence electrons. The largest absolute Gasteiger partial charge is 0.398 e. The molecule has 0 heterocycles. The van der Waals surface area contributed by atoms with E-state index in [1.807, 2.05) is 13.8 Å². The highest BCUT2D eigenvalue weighted by molar-refractivity contribution is 9.10. The molecule has 0 saturated carbocycles. The van der Waals surface area contributed by atoms with Crippen molar-refractivity contribution in [1.29, 1.82) is 0 Å². The number of amides is 2. The van der Waals surface area contributed by atoms with Gasteiger partial charge in [-0.1, -0.05) is 6.07 Å². The molecule has 1 aromatic carbocycles. The lowest BCUT2D eigenvalue weighted by molar-refractivity contribution is -0.119. The molecule has 0 aliphatic heterocycles. The molecule has 0 aliphatic carbocycles. The normalized spacial score (nSPS) is 10.4. The van der Waals surface area contributed by atoms with Crippen LogP contribution >= 0.6 is 15.9 Å². The molecular formula is C12H16BrN3O2. The monoisotopic (exact) mass is 313 g/mol. The first kappa shape index (κ1) is 14.5. The van der Waals surface area contributed by atoms with Gasteiger partial charge in [-0.15, -0.1) is 0 Å². The highest BCUT2D eigenvalue weighted by Crippen LogP contribution is 2.25. The fourth-order valence-electron chi connectivity index (χ4n) is 1.53. The first-order valence-corrected chi connectivity index (χ1v) is 6.27. The Morgan fingerprint density at radius 1 is 1.39 bits per heavy atom. The molecular weight excluding hydrogens is 298 g/mol. The van der Waals surface area contributed by atoms with E-state index in [1.54, 1.807) is 18.2 Å². The van der Waals surface area contributed by atoms with Crippen molar-refractivity contribution < 1.29 is 9.59 Å². The van der Waals surface area contributed by atoms with E-state index in [-0.39, 0.29) is 18.5 Å². The lowest BCUT2D eigenvalue weighted by Crippen LogP contribution is -2.42. The molecule has 0 atom stereocenters. The summed E-state index contributed by atoms with van der Waals surface area (Å²) in [7, 11) is 0. The number of halogens is 1. The summed E-state index contributed by atoms with van der Waals surface area (Å²) < 4.78 is 0.533. The molecule has 0 unspecified atom stereocenters. The number of rotatable bonds is 4. The second-order valence-electron chi connectivity index (χ2n) is 4.20. The van der Waals surface area contributed by atoms with Gasteiger partial charge in [0.2, 0.25) is 5.91 Å². The quantitative estimate of drug-likeness (QED) is 0.823. The van der Waals surface area contributed by atoms with E-state index < -0.39 is 5.91 Å². The second-order valence-corrected chi connectivity index (χ2v) is 4.99. The fourth-order valence-corrected chi connectivity index (χ4v) is 1.96. The van der Waals surface area contributed by atoms with E-state index in [9.17, 15) is 9.59 Å². The first-order valence-electron chi connectivity index (χ1n) is 5.47. The molecule has 5 nitrogen and oxygen atoms in total. The molecule has 6 heteroatoms. The molecule has 2 amide bonds. The van der Waals surface area contributed by atoms with Crippen molar-refractivity contribution in [2.24, 2.45) is 5.73 Å². The number of nitrogens with zero attached hydrogens (tertiary/aromatic N) is 1. The van der Waals surface area contributed by atoms with Gasteiger partial charge in [-0.2, -0.15) is 0 Å². The standard InChI is InChI=1S/C12H16BrN3O2/c1-7(2)16(6-10(15)17)12(18)8-4-3-5-9(14)11(8)13/h3-5,7H,6,14H2,1-2H3,(H2,15,17). The zero-order valence-electron chi connectivity index (χ0n) is 10.3. The molecule has 0 bridgehead atoms. The van der Waals surface area contributed by atoms with Gasteiger partial charge in [0, 0.05) is 11.7 Å². The van der Waals surface area contributed by atoms with Gasteiger partial charge in [0.1, 0.15) is 0 Å². The van der Waals surface area contributed by atoms with E-state index in [4.69, 9.17) is 11.5 Å². The van der Waals surface area contributed by atoms with Gasteiger partial charge in [0.05, 0.1) is 16.6 Å². The number of hydrogen-bond donors (Lipinski definition) is 2. The zero-order valence-corrected chi connectivity index (χ0v) is 11.9. The second kappa shape index (κ2) is 5.86. The van der Waals surface area contributed by atoms with Crippen LogP contribution in [0.1, 0.15) is 24.2 Å². The van der Waals surface area contributed by atoms with Gasteiger partial charge >= 0.3 is 0 Å². The smallest absolute Gasteiger partial charge is 0.255 e. The summed E-state index contributed by atoms with van der Waals surface area (Å²) in [4.78, 5) is 24.7. The van der Waals surface area contributed by atoms with Crippen LogP contribution in [0.3, 0.4) is 0 Å². The average Bonchev–Trinajstić information content (AvgIpc) is 2.28. The maximum atomic E-state index is 12.3. The van der Waals surface area contributed by atoms with Crippen molar-refractivity contribution in [3.8, 4) is 0 Å². The third-order valence-electron chi connectivity index (χ3n) is 2.47. The summed E-state index contributed by atoms with van der Waals surface area (Å²) in [5, 5.41) is 0. The lowest BCUT2D eigenvalue weighted by atomic mass is 10.1. The summed E-state index contributed by atoms with van der Waals surface area (Å²) in [6.45, 7) is 3.53. The van der Waals surface area contributed by atoms with Crippen LogP contribution in [0.15, 0.2) is 22.7 Å². The van der Waals surface area contributed by atoms with E-state index >= 15 is 0 Å². The topological polar surface area (TPSA) is 89.4 Å². The van der Waals surface area contributed by atoms with Gasteiger partial charge in [-0.3, -0.25) is 9.59 Å². The van der Waals surface area contributed by atoms with Crippen LogP contribution in [0.4, 0.5) is 5.69 Å². The Kier molecular flexibility index (Phi) is 4.72. The molecule has 0 radical (unpaired) electrons. The summed E-state index contributed by atoms with van der Waals surface area (Å²) >= 11 is 3.28. The van der Waals surface area contributed by atoms with E-state index in [0.29, 0.717) is 15.7 Å². The van der Waals surface area contributed by atoms with Crippen molar-refractivity contribution in [3.63, 3.8) is 0 Å². The molecule has 0 fully saturated rings. The van der Waals surface area contributed by atoms with Crippen LogP contribution in [-0.4, -0.2) is 29.3 Å². The van der Waals surface area contributed by atoms with E-state index in [0.717, 1.165) is 0 Å². The predicted octanol–water partition coefficient (Wildman–Crippen LogP) is 1.37. The summed E-state index contributed by atoms with van der Waals surface area (Å²) in [5.74, 6) is -0.819. The summed E-state index contributed by atoms with van der Waals surface area (Å²) in [5.41, 5.74) is 11.8. The molecule has 4 N–H and O–H groups in total. The van der Waals surface area contributed by atoms with Gasteiger partial charge < -0.3 is 16.4 Å². The third kappa shape index (κ3) is 3.22. The summed E-state index contributed by atoms with van der Waals surface area (Å²) in [6, 6.07) is 4.91. The number of anilines is 1. The molecule has 1 rings (SSSR count). The minimum atomic E-state index is -0.544. The van der Waals surface area contributed by atoms with E-state index in [1.165, 1.54) is 4.90 Å². The molecule has 0 saturated heterocycles. The number of nitrogens with two attached hydrogens (primary N) is 2. The van der Waals surface area contributed by atoms with Crippen LogP contribution in [0, 0.1) is 0 Å². The molecule has 18 heavy (non-hydrogen) atoms. The highest BCUT2D eigenvalue weighted by Gasteiger charge is 2.22. The van der Waals surface area contributed by atoms with Crippen LogP contribution in [0.2, 0.25) is 0 Å². The third-order valence-corrected chi connectivity index (χ3v) is 3.35. The Bertz CT molecular complexity index is 474. The molecule has 0 aliphatic rings. The lowest BCUT2D eigenvalue weighted by Gasteiger charge is -2.26. The number of nitrogen functional groups attached to an aromatic ring is 1. The minimum Gasteiger partial charge on any atom is -0.398 e. The number of benzene rings is 1. The average molecular weight is 314 g/mol. The van der Waals surface area contributed by atoms with Gasteiger partial charge in [-0.25, -0.2) is 0 Å².